The Morgan fingerprint density at radius 3 is 2.14 bits per heavy atom. The van der Waals surface area contributed by atoms with Gasteiger partial charge in [0.25, 0.3) is 5.91 Å². The maximum atomic E-state index is 12.7. The van der Waals surface area contributed by atoms with Crippen molar-refractivity contribution in [3.8, 4) is 0 Å². The Balaban J connectivity index is 1.62. The summed E-state index contributed by atoms with van der Waals surface area (Å²) >= 11 is 0. The molecular weight excluding hydrogens is 366 g/mol. The Kier molecular flexibility index (Phi) is 5.34. The van der Waals surface area contributed by atoms with Gasteiger partial charge in [-0.05, 0) is 49.6 Å². The van der Waals surface area contributed by atoms with Crippen molar-refractivity contribution in [1.82, 2.24) is 14.5 Å². The molecule has 0 atom stereocenters. The van der Waals surface area contributed by atoms with Crippen LogP contribution in [0.3, 0.4) is 0 Å². The number of fused-ring (bicyclic) bond motifs is 1. The van der Waals surface area contributed by atoms with E-state index in [1.54, 1.807) is 12.1 Å². The van der Waals surface area contributed by atoms with Crippen LogP contribution in [-0.2, 0) is 13.1 Å². The van der Waals surface area contributed by atoms with E-state index in [2.05, 4.69) is 5.32 Å². The second kappa shape index (κ2) is 8.07. The maximum absolute atomic E-state index is 12.7. The monoisotopic (exact) mass is 391 g/mol. The van der Waals surface area contributed by atoms with Crippen LogP contribution in [0, 0.1) is 0 Å². The van der Waals surface area contributed by atoms with Gasteiger partial charge < -0.3 is 9.88 Å². The van der Waals surface area contributed by atoms with E-state index in [-0.39, 0.29) is 18.5 Å². The molecule has 1 aliphatic carbocycles. The average Bonchev–Trinajstić information content (AvgIpc) is 3.25. The zero-order valence-electron chi connectivity index (χ0n) is 16.6. The number of carbonyl (C=O) groups excluding carboxylic acids is 1. The van der Waals surface area contributed by atoms with Crippen molar-refractivity contribution in [2.75, 3.05) is 0 Å². The summed E-state index contributed by atoms with van der Waals surface area (Å²) in [6.07, 6.45) is 4.43. The van der Waals surface area contributed by atoms with Gasteiger partial charge in [0.1, 0.15) is 0 Å². The van der Waals surface area contributed by atoms with Gasteiger partial charge in [-0.2, -0.15) is 0 Å². The highest BCUT2D eigenvalue weighted by Gasteiger charge is 2.18. The Morgan fingerprint density at radius 1 is 0.931 bits per heavy atom. The van der Waals surface area contributed by atoms with Crippen molar-refractivity contribution in [2.45, 2.75) is 51.7 Å². The summed E-state index contributed by atoms with van der Waals surface area (Å²) in [6, 6.07) is 14.9. The fourth-order valence-electron chi connectivity index (χ4n) is 4.12. The third kappa shape index (κ3) is 3.75. The molecule has 6 heteroatoms. The lowest BCUT2D eigenvalue weighted by Crippen LogP contribution is -2.41. The number of nitrogens with zero attached hydrogens (tertiary/aromatic N) is 2. The lowest BCUT2D eigenvalue weighted by molar-refractivity contribution is 0.0938. The Bertz CT molecular complexity index is 1150. The van der Waals surface area contributed by atoms with Gasteiger partial charge in [-0.3, -0.25) is 19.0 Å². The van der Waals surface area contributed by atoms with Crippen LogP contribution in [0.25, 0.3) is 11.0 Å². The first-order chi connectivity index (χ1) is 14.1. The average molecular weight is 391 g/mol. The molecule has 4 rings (SSSR count). The third-order valence-corrected chi connectivity index (χ3v) is 5.70. The normalized spacial score (nSPS) is 14.4. The predicted octanol–water partition coefficient (Wildman–Crippen LogP) is 2.90. The minimum absolute atomic E-state index is 0.0587. The lowest BCUT2D eigenvalue weighted by atomic mass is 10.1. The van der Waals surface area contributed by atoms with E-state index >= 15 is 0 Å². The van der Waals surface area contributed by atoms with Gasteiger partial charge in [-0.15, -0.1) is 0 Å². The number of benzene rings is 2. The van der Waals surface area contributed by atoms with Crippen LogP contribution in [0.15, 0.2) is 58.1 Å². The van der Waals surface area contributed by atoms with Gasteiger partial charge in [-0.25, -0.2) is 0 Å². The number of hydrogen-bond acceptors (Lipinski definition) is 3. The van der Waals surface area contributed by atoms with E-state index < -0.39 is 11.1 Å². The number of aryl methyl sites for hydroxylation is 1. The van der Waals surface area contributed by atoms with E-state index in [9.17, 15) is 14.4 Å². The fourth-order valence-corrected chi connectivity index (χ4v) is 4.12. The second-order valence-electron chi connectivity index (χ2n) is 7.58. The van der Waals surface area contributed by atoms with Gasteiger partial charge in [0, 0.05) is 18.2 Å². The van der Waals surface area contributed by atoms with Crippen LogP contribution in [-0.4, -0.2) is 21.1 Å². The van der Waals surface area contributed by atoms with Gasteiger partial charge >= 0.3 is 11.1 Å². The fraction of sp³-hybridized carbons (Fsp3) is 0.348. The largest absolute Gasteiger partial charge is 0.349 e. The number of hydrogen-bond donors (Lipinski definition) is 1. The van der Waals surface area contributed by atoms with Crippen LogP contribution in [0.1, 0.15) is 48.5 Å². The molecule has 3 aromatic rings. The summed E-state index contributed by atoms with van der Waals surface area (Å²) in [5.74, 6) is -0.0587. The molecule has 0 saturated heterocycles. The number of rotatable bonds is 5. The molecule has 1 fully saturated rings. The standard InChI is InChI=1S/C23H25N3O3/c1-2-25-19-9-5-6-10-20(19)26(23(29)22(25)28)15-16-11-13-17(14-12-16)21(27)24-18-7-3-4-8-18/h5-6,9-14,18H,2-4,7-8,15H2,1H3,(H,24,27). The number of nitrogens with one attached hydrogen (secondary N) is 1. The quantitative estimate of drug-likeness (QED) is 0.680. The number of aromatic nitrogens is 2. The first kappa shape index (κ1) is 19.2. The Morgan fingerprint density at radius 2 is 1.52 bits per heavy atom. The maximum Gasteiger partial charge on any atom is 0.317 e. The molecule has 0 unspecified atom stereocenters. The molecule has 29 heavy (non-hydrogen) atoms. The van der Waals surface area contributed by atoms with Crippen molar-refractivity contribution in [1.29, 1.82) is 0 Å². The predicted molar refractivity (Wildman–Crippen MR) is 113 cm³/mol. The number of carbonyl (C=O) groups is 1. The summed E-state index contributed by atoms with van der Waals surface area (Å²) in [5, 5.41) is 3.08. The summed E-state index contributed by atoms with van der Waals surface area (Å²) in [6.45, 7) is 2.58. The Labute approximate surface area is 168 Å². The van der Waals surface area contributed by atoms with E-state index in [0.29, 0.717) is 12.1 Å². The van der Waals surface area contributed by atoms with Crippen molar-refractivity contribution in [3.05, 3.63) is 80.4 Å². The molecule has 0 radical (unpaired) electrons. The summed E-state index contributed by atoms with van der Waals surface area (Å²) in [4.78, 5) is 37.6. The van der Waals surface area contributed by atoms with Crippen LogP contribution in [0.4, 0.5) is 0 Å². The van der Waals surface area contributed by atoms with Crippen LogP contribution in [0.5, 0.6) is 0 Å². The number of para-hydroxylation sites is 2. The highest BCUT2D eigenvalue weighted by Crippen LogP contribution is 2.18. The Hall–Kier alpha value is -3.15. The van der Waals surface area contributed by atoms with Crippen molar-refractivity contribution >= 4 is 16.9 Å². The summed E-state index contributed by atoms with van der Waals surface area (Å²) < 4.78 is 3.02. The third-order valence-electron chi connectivity index (χ3n) is 5.70. The van der Waals surface area contributed by atoms with Gasteiger partial charge in [0.15, 0.2) is 0 Å². The summed E-state index contributed by atoms with van der Waals surface area (Å²) in [5.41, 5.74) is 1.89. The topological polar surface area (TPSA) is 73.1 Å². The summed E-state index contributed by atoms with van der Waals surface area (Å²) in [7, 11) is 0. The van der Waals surface area contributed by atoms with Crippen molar-refractivity contribution in [2.24, 2.45) is 0 Å². The lowest BCUT2D eigenvalue weighted by Gasteiger charge is -2.14. The molecule has 6 nitrogen and oxygen atoms in total. The highest BCUT2D eigenvalue weighted by molar-refractivity contribution is 5.94. The highest BCUT2D eigenvalue weighted by atomic mass is 16.2. The minimum Gasteiger partial charge on any atom is -0.349 e. The van der Waals surface area contributed by atoms with Crippen molar-refractivity contribution < 1.29 is 4.79 Å². The molecule has 1 heterocycles. The molecule has 2 aromatic carbocycles. The van der Waals surface area contributed by atoms with Gasteiger partial charge in [0.05, 0.1) is 17.6 Å². The van der Waals surface area contributed by atoms with E-state index in [1.165, 1.54) is 22.0 Å². The van der Waals surface area contributed by atoms with Crippen LogP contribution in [0.2, 0.25) is 0 Å². The molecule has 1 aromatic heterocycles. The zero-order chi connectivity index (χ0) is 20.4. The molecule has 0 bridgehead atoms. The molecule has 0 aliphatic heterocycles. The first-order valence-corrected chi connectivity index (χ1v) is 10.2. The van der Waals surface area contributed by atoms with Gasteiger partial charge in [0.2, 0.25) is 0 Å². The SMILES string of the molecule is CCn1c(=O)c(=O)n(Cc2ccc(C(=O)NC3CCCC3)cc2)c2ccccc21. The molecule has 1 amide bonds. The minimum atomic E-state index is -0.534. The van der Waals surface area contributed by atoms with Crippen molar-refractivity contribution in [3.63, 3.8) is 0 Å². The molecule has 1 N–H and O–H groups in total. The smallest absolute Gasteiger partial charge is 0.317 e. The molecule has 0 spiro atoms. The molecule has 1 aliphatic rings. The molecule has 1 saturated carbocycles. The molecule has 150 valence electrons. The van der Waals surface area contributed by atoms with E-state index in [4.69, 9.17) is 0 Å². The molecular formula is C23H25N3O3. The zero-order valence-corrected chi connectivity index (χ0v) is 16.6. The van der Waals surface area contributed by atoms with Gasteiger partial charge in [-0.1, -0.05) is 37.1 Å². The number of amides is 1. The second-order valence-corrected chi connectivity index (χ2v) is 7.58. The van der Waals surface area contributed by atoms with Crippen LogP contribution >= 0.6 is 0 Å². The van der Waals surface area contributed by atoms with Crippen LogP contribution < -0.4 is 16.4 Å². The van der Waals surface area contributed by atoms with E-state index in [0.717, 1.165) is 29.4 Å². The van der Waals surface area contributed by atoms with E-state index in [1.807, 2.05) is 43.3 Å². The first-order valence-electron chi connectivity index (χ1n) is 10.2.